The highest BCUT2D eigenvalue weighted by Crippen LogP contribution is 2.37. The van der Waals surface area contributed by atoms with Gasteiger partial charge in [0.25, 0.3) is 11.8 Å². The number of nitrogen functional groups attached to an aromatic ring is 1. The van der Waals surface area contributed by atoms with Gasteiger partial charge in [-0.15, -0.1) is 0 Å². The van der Waals surface area contributed by atoms with Gasteiger partial charge in [0.15, 0.2) is 5.69 Å². The molecule has 34 heavy (non-hydrogen) atoms. The molecule has 168 valence electrons. The number of fused-ring (bicyclic) bond motifs is 2. The first kappa shape index (κ1) is 21.0. The molecule has 0 atom stereocenters. The molecule has 0 unspecified atom stereocenters. The van der Waals surface area contributed by atoms with Crippen LogP contribution in [0.4, 0.5) is 11.4 Å². The molecule has 0 radical (unpaired) electrons. The van der Waals surface area contributed by atoms with Crippen LogP contribution in [0.5, 0.6) is 0 Å². The lowest BCUT2D eigenvalue weighted by molar-refractivity contribution is 0.0794. The number of nitrogens with two attached hydrogens (primary N) is 1. The summed E-state index contributed by atoms with van der Waals surface area (Å²) in [6.07, 6.45) is 3.25. The van der Waals surface area contributed by atoms with E-state index < -0.39 is 0 Å². The number of aromatic nitrogens is 4. The standard InChI is InChI=1S/C24H20N8O2/c1-13(8-25)10-32-12-18-16(4-5-19(26)21(18)24(32)34)14-3-6-20-17(7-14)22(30-29-20)23(33)28-15-9-27-31(2)11-15/h3-7,9,11H,1,10,12,26H2,2H3,(H,28,33)(H,29,30). The van der Waals surface area contributed by atoms with Crippen LogP contribution >= 0.6 is 0 Å². The van der Waals surface area contributed by atoms with E-state index in [4.69, 9.17) is 11.0 Å². The molecule has 2 aromatic heterocycles. The second-order valence-corrected chi connectivity index (χ2v) is 8.12. The quantitative estimate of drug-likeness (QED) is 0.313. The van der Waals surface area contributed by atoms with Gasteiger partial charge in [0, 0.05) is 36.4 Å². The van der Waals surface area contributed by atoms with E-state index in [1.165, 1.54) is 0 Å². The van der Waals surface area contributed by atoms with Crippen LogP contribution in [0.2, 0.25) is 0 Å². The molecule has 2 amide bonds. The van der Waals surface area contributed by atoms with Crippen LogP contribution in [0.3, 0.4) is 0 Å². The summed E-state index contributed by atoms with van der Waals surface area (Å²) in [6, 6.07) is 11.1. The number of aryl methyl sites for hydroxylation is 1. The molecule has 4 aromatic rings. The second kappa shape index (κ2) is 7.90. The molecular formula is C24H20N8O2. The van der Waals surface area contributed by atoms with Gasteiger partial charge in [0.05, 0.1) is 35.6 Å². The van der Waals surface area contributed by atoms with Gasteiger partial charge in [0.1, 0.15) is 0 Å². The summed E-state index contributed by atoms with van der Waals surface area (Å²) in [7, 11) is 1.76. The Balaban J connectivity index is 1.53. The van der Waals surface area contributed by atoms with Gasteiger partial charge in [-0.05, 0) is 34.9 Å². The lowest BCUT2D eigenvalue weighted by Gasteiger charge is -2.14. The molecule has 1 aliphatic heterocycles. The number of rotatable bonds is 5. The Kier molecular flexibility index (Phi) is 4.87. The average Bonchev–Trinajstić information content (AvgIpc) is 3.51. The third-order valence-corrected chi connectivity index (χ3v) is 5.79. The molecule has 3 heterocycles. The fourth-order valence-corrected chi connectivity index (χ4v) is 4.20. The monoisotopic (exact) mass is 452 g/mol. The van der Waals surface area contributed by atoms with E-state index in [2.05, 4.69) is 27.2 Å². The summed E-state index contributed by atoms with van der Waals surface area (Å²) >= 11 is 0. The van der Waals surface area contributed by atoms with E-state index >= 15 is 0 Å². The van der Waals surface area contributed by atoms with Crippen molar-refractivity contribution in [2.24, 2.45) is 7.05 Å². The van der Waals surface area contributed by atoms with Crippen LogP contribution in [0.25, 0.3) is 22.0 Å². The van der Waals surface area contributed by atoms with E-state index in [9.17, 15) is 9.59 Å². The summed E-state index contributed by atoms with van der Waals surface area (Å²) in [4.78, 5) is 27.4. The maximum Gasteiger partial charge on any atom is 0.276 e. The minimum Gasteiger partial charge on any atom is -0.398 e. The number of amides is 2. The predicted molar refractivity (Wildman–Crippen MR) is 127 cm³/mol. The zero-order valence-corrected chi connectivity index (χ0v) is 18.3. The third kappa shape index (κ3) is 3.45. The smallest absolute Gasteiger partial charge is 0.276 e. The fourth-order valence-electron chi connectivity index (χ4n) is 4.20. The summed E-state index contributed by atoms with van der Waals surface area (Å²) in [5.41, 5.74) is 11.2. The van der Waals surface area contributed by atoms with Crippen LogP contribution in [-0.2, 0) is 13.6 Å². The van der Waals surface area contributed by atoms with Crippen molar-refractivity contribution in [3.63, 3.8) is 0 Å². The average molecular weight is 452 g/mol. The lowest BCUT2D eigenvalue weighted by Crippen LogP contribution is -2.26. The first-order valence-corrected chi connectivity index (χ1v) is 10.4. The summed E-state index contributed by atoms with van der Waals surface area (Å²) < 4.78 is 1.59. The van der Waals surface area contributed by atoms with E-state index in [0.29, 0.717) is 40.0 Å². The van der Waals surface area contributed by atoms with Gasteiger partial charge < -0.3 is 16.0 Å². The van der Waals surface area contributed by atoms with Gasteiger partial charge in [-0.1, -0.05) is 18.7 Å². The van der Waals surface area contributed by atoms with Crippen molar-refractivity contribution in [2.75, 3.05) is 17.6 Å². The molecular weight excluding hydrogens is 432 g/mol. The number of nitrogens with zero attached hydrogens (tertiary/aromatic N) is 5. The number of nitriles is 1. The van der Waals surface area contributed by atoms with Crippen LogP contribution < -0.4 is 11.1 Å². The molecule has 0 bridgehead atoms. The van der Waals surface area contributed by atoms with Crippen molar-refractivity contribution in [3.8, 4) is 17.2 Å². The highest BCUT2D eigenvalue weighted by molar-refractivity contribution is 6.12. The van der Waals surface area contributed by atoms with Gasteiger partial charge in [-0.25, -0.2) is 0 Å². The number of hydrogen-bond donors (Lipinski definition) is 3. The number of hydrogen-bond acceptors (Lipinski definition) is 6. The van der Waals surface area contributed by atoms with E-state index in [1.807, 2.05) is 30.3 Å². The predicted octanol–water partition coefficient (Wildman–Crippen LogP) is 2.83. The minimum absolute atomic E-state index is 0.141. The largest absolute Gasteiger partial charge is 0.398 e. The first-order chi connectivity index (χ1) is 16.4. The summed E-state index contributed by atoms with van der Waals surface area (Å²) in [6.45, 7) is 4.14. The Morgan fingerprint density at radius 3 is 2.91 bits per heavy atom. The van der Waals surface area contributed by atoms with Crippen LogP contribution in [0, 0.1) is 11.3 Å². The van der Waals surface area contributed by atoms with Crippen molar-refractivity contribution < 1.29 is 9.59 Å². The van der Waals surface area contributed by atoms with Gasteiger partial charge >= 0.3 is 0 Å². The molecule has 0 aliphatic carbocycles. The van der Waals surface area contributed by atoms with E-state index in [-0.39, 0.29) is 24.1 Å². The molecule has 2 aromatic carbocycles. The lowest BCUT2D eigenvalue weighted by atomic mass is 9.94. The Bertz CT molecular complexity index is 1540. The van der Waals surface area contributed by atoms with Gasteiger partial charge in [-0.3, -0.25) is 19.4 Å². The Morgan fingerprint density at radius 2 is 2.18 bits per heavy atom. The molecule has 1 aliphatic rings. The summed E-state index contributed by atoms with van der Waals surface area (Å²) in [5, 5.41) is 23.6. The fraction of sp³-hybridized carbons (Fsp3) is 0.125. The van der Waals surface area contributed by atoms with E-state index in [1.54, 1.807) is 35.1 Å². The molecule has 5 rings (SSSR count). The molecule has 10 heteroatoms. The second-order valence-electron chi connectivity index (χ2n) is 8.12. The number of aromatic amines is 1. The normalized spacial score (nSPS) is 12.6. The molecule has 4 N–H and O–H groups in total. The zero-order chi connectivity index (χ0) is 24.0. The topological polar surface area (TPSA) is 146 Å². The third-order valence-electron chi connectivity index (χ3n) is 5.79. The maximum atomic E-state index is 13.0. The summed E-state index contributed by atoms with van der Waals surface area (Å²) in [5.74, 6) is -0.595. The van der Waals surface area contributed by atoms with Crippen molar-refractivity contribution >= 4 is 34.1 Å². The maximum absolute atomic E-state index is 13.0. The highest BCUT2D eigenvalue weighted by atomic mass is 16.2. The molecule has 0 saturated heterocycles. The number of H-pyrrole nitrogens is 1. The number of carbonyl (C=O) groups is 2. The van der Waals surface area contributed by atoms with Crippen LogP contribution in [-0.4, -0.2) is 43.2 Å². The van der Waals surface area contributed by atoms with Crippen LogP contribution in [0.15, 0.2) is 54.9 Å². The molecule has 10 nitrogen and oxygen atoms in total. The Labute approximate surface area is 194 Å². The first-order valence-electron chi connectivity index (χ1n) is 10.4. The highest BCUT2D eigenvalue weighted by Gasteiger charge is 2.32. The van der Waals surface area contributed by atoms with Crippen molar-refractivity contribution in [1.82, 2.24) is 24.9 Å². The minimum atomic E-state index is -0.365. The Morgan fingerprint density at radius 1 is 1.35 bits per heavy atom. The van der Waals surface area contributed by atoms with E-state index in [0.717, 1.165) is 16.7 Å². The zero-order valence-electron chi connectivity index (χ0n) is 18.3. The van der Waals surface area contributed by atoms with Crippen molar-refractivity contribution in [2.45, 2.75) is 6.54 Å². The number of anilines is 2. The van der Waals surface area contributed by atoms with Gasteiger partial charge in [0.2, 0.25) is 0 Å². The number of carbonyl (C=O) groups excluding carboxylic acids is 2. The van der Waals surface area contributed by atoms with Crippen molar-refractivity contribution in [3.05, 3.63) is 71.7 Å². The number of benzene rings is 2. The molecule has 0 fully saturated rings. The Hall–Kier alpha value is -4.91. The SMILES string of the molecule is C=C(C#N)CN1Cc2c(-c3ccc4[nH]nc(C(=O)Nc5cnn(C)c5)c4c3)ccc(N)c2C1=O. The number of nitrogens with one attached hydrogen (secondary N) is 2. The molecule has 0 saturated carbocycles. The van der Waals surface area contributed by atoms with Crippen molar-refractivity contribution in [1.29, 1.82) is 5.26 Å². The molecule has 0 spiro atoms. The van der Waals surface area contributed by atoms with Gasteiger partial charge in [-0.2, -0.15) is 15.5 Å². The van der Waals surface area contributed by atoms with Crippen LogP contribution in [0.1, 0.15) is 26.4 Å².